The number of aliphatic carboxylic acids is 1. The van der Waals surface area contributed by atoms with Crippen LogP contribution in [0.1, 0.15) is 13.8 Å². The van der Waals surface area contributed by atoms with Crippen molar-refractivity contribution >= 4 is 5.97 Å². The summed E-state index contributed by atoms with van der Waals surface area (Å²) in [4.78, 5) is 10.5. The summed E-state index contributed by atoms with van der Waals surface area (Å²) in [6.07, 6.45) is 1.75. The van der Waals surface area contributed by atoms with Gasteiger partial charge in [-0.2, -0.15) is 0 Å². The molecule has 0 rings (SSSR count). The standard InChI is InChI=1S/C9H14O3/c1-4-7(9(11)12)8(10)5-6(2)3/h4-5,7-8,10H,1H2,2-3H3,(H,11,12). The summed E-state index contributed by atoms with van der Waals surface area (Å²) in [6, 6.07) is 0. The molecule has 0 radical (unpaired) electrons. The van der Waals surface area contributed by atoms with Crippen molar-refractivity contribution in [2.45, 2.75) is 20.0 Å². The van der Waals surface area contributed by atoms with Gasteiger partial charge in [0.05, 0.1) is 6.10 Å². The monoisotopic (exact) mass is 170 g/mol. The Kier molecular flexibility index (Phi) is 4.29. The van der Waals surface area contributed by atoms with Crippen LogP contribution in [0.3, 0.4) is 0 Å². The van der Waals surface area contributed by atoms with Crippen LogP contribution in [0, 0.1) is 5.92 Å². The topological polar surface area (TPSA) is 57.5 Å². The molecule has 2 atom stereocenters. The molecule has 0 aromatic heterocycles. The summed E-state index contributed by atoms with van der Waals surface area (Å²) in [7, 11) is 0. The number of carboxylic acid groups (broad SMARTS) is 1. The first-order valence-electron chi connectivity index (χ1n) is 3.67. The molecule has 3 heteroatoms. The van der Waals surface area contributed by atoms with E-state index in [0.717, 1.165) is 5.57 Å². The Balaban J connectivity index is 4.42. The molecule has 0 aliphatic heterocycles. The number of aliphatic hydroxyl groups is 1. The number of allylic oxidation sites excluding steroid dienone is 1. The summed E-state index contributed by atoms with van der Waals surface area (Å²) in [6.45, 7) is 6.93. The minimum atomic E-state index is -1.06. The summed E-state index contributed by atoms with van der Waals surface area (Å²) < 4.78 is 0. The van der Waals surface area contributed by atoms with Crippen LogP contribution in [-0.2, 0) is 4.79 Å². The van der Waals surface area contributed by atoms with E-state index in [4.69, 9.17) is 5.11 Å². The first-order chi connectivity index (χ1) is 5.49. The molecule has 2 unspecified atom stereocenters. The number of hydrogen-bond acceptors (Lipinski definition) is 2. The summed E-state index contributed by atoms with van der Waals surface area (Å²) in [5.74, 6) is -1.98. The Labute approximate surface area is 72.0 Å². The first kappa shape index (κ1) is 10.9. The quantitative estimate of drug-likeness (QED) is 0.623. The van der Waals surface area contributed by atoms with Gasteiger partial charge in [-0.1, -0.05) is 17.7 Å². The van der Waals surface area contributed by atoms with Crippen LogP contribution in [0.4, 0.5) is 0 Å². The Hall–Kier alpha value is -1.09. The fourth-order valence-corrected chi connectivity index (χ4v) is 0.832. The molecule has 3 nitrogen and oxygen atoms in total. The number of carbonyl (C=O) groups is 1. The SMILES string of the molecule is C=CC(C(=O)O)C(O)C=C(C)C. The van der Waals surface area contributed by atoms with Gasteiger partial charge in [-0.05, 0) is 13.8 Å². The maximum Gasteiger partial charge on any atom is 0.313 e. The van der Waals surface area contributed by atoms with Gasteiger partial charge in [-0.3, -0.25) is 4.79 Å². The van der Waals surface area contributed by atoms with Gasteiger partial charge in [0.1, 0.15) is 5.92 Å². The molecule has 0 saturated carbocycles. The molecule has 0 fully saturated rings. The van der Waals surface area contributed by atoms with E-state index in [-0.39, 0.29) is 0 Å². The third-order valence-corrected chi connectivity index (χ3v) is 1.41. The van der Waals surface area contributed by atoms with Crippen molar-refractivity contribution in [3.63, 3.8) is 0 Å². The molecule has 0 saturated heterocycles. The zero-order chi connectivity index (χ0) is 9.72. The fourth-order valence-electron chi connectivity index (χ4n) is 0.832. The normalized spacial score (nSPS) is 14.6. The summed E-state index contributed by atoms with van der Waals surface area (Å²) in [5, 5.41) is 17.9. The van der Waals surface area contributed by atoms with Crippen LogP contribution in [0.25, 0.3) is 0 Å². The minimum Gasteiger partial charge on any atom is -0.481 e. The fraction of sp³-hybridized carbons (Fsp3) is 0.444. The zero-order valence-corrected chi connectivity index (χ0v) is 7.32. The third-order valence-electron chi connectivity index (χ3n) is 1.41. The van der Waals surface area contributed by atoms with E-state index in [1.54, 1.807) is 13.8 Å². The van der Waals surface area contributed by atoms with E-state index in [9.17, 15) is 9.90 Å². The van der Waals surface area contributed by atoms with Crippen molar-refractivity contribution < 1.29 is 15.0 Å². The Morgan fingerprint density at radius 3 is 2.25 bits per heavy atom. The second-order valence-electron chi connectivity index (χ2n) is 2.83. The van der Waals surface area contributed by atoms with E-state index in [0.29, 0.717) is 0 Å². The average molecular weight is 170 g/mol. The first-order valence-corrected chi connectivity index (χ1v) is 3.67. The molecular formula is C9H14O3. The van der Waals surface area contributed by atoms with Gasteiger partial charge >= 0.3 is 5.97 Å². The molecule has 2 N–H and O–H groups in total. The largest absolute Gasteiger partial charge is 0.481 e. The average Bonchev–Trinajstić information content (AvgIpc) is 1.85. The molecule has 68 valence electrons. The second kappa shape index (κ2) is 4.72. The van der Waals surface area contributed by atoms with Gasteiger partial charge < -0.3 is 10.2 Å². The molecule has 0 aromatic rings. The van der Waals surface area contributed by atoms with E-state index in [1.165, 1.54) is 12.2 Å². The van der Waals surface area contributed by atoms with Gasteiger partial charge in [0.2, 0.25) is 0 Å². The van der Waals surface area contributed by atoms with Gasteiger partial charge in [0, 0.05) is 0 Å². The van der Waals surface area contributed by atoms with E-state index >= 15 is 0 Å². The highest BCUT2D eigenvalue weighted by atomic mass is 16.4. The smallest absolute Gasteiger partial charge is 0.313 e. The predicted molar refractivity (Wildman–Crippen MR) is 46.8 cm³/mol. The van der Waals surface area contributed by atoms with Gasteiger partial charge in [0.15, 0.2) is 0 Å². The van der Waals surface area contributed by atoms with Crippen molar-refractivity contribution in [2.75, 3.05) is 0 Å². The van der Waals surface area contributed by atoms with Crippen LogP contribution < -0.4 is 0 Å². The molecule has 0 aromatic carbocycles. The lowest BCUT2D eigenvalue weighted by atomic mass is 10.0. The van der Waals surface area contributed by atoms with Crippen LogP contribution >= 0.6 is 0 Å². The molecule has 0 aliphatic rings. The number of rotatable bonds is 4. The van der Waals surface area contributed by atoms with E-state index in [2.05, 4.69) is 6.58 Å². The summed E-state index contributed by atoms with van der Waals surface area (Å²) in [5.41, 5.74) is 0.885. The maximum absolute atomic E-state index is 10.5. The lowest BCUT2D eigenvalue weighted by molar-refractivity contribution is -0.142. The Morgan fingerprint density at radius 1 is 1.50 bits per heavy atom. The van der Waals surface area contributed by atoms with Crippen molar-refractivity contribution in [3.8, 4) is 0 Å². The Morgan fingerprint density at radius 2 is 2.00 bits per heavy atom. The van der Waals surface area contributed by atoms with E-state index in [1.807, 2.05) is 0 Å². The number of carboxylic acids is 1. The minimum absolute atomic E-state index is 0.885. The van der Waals surface area contributed by atoms with E-state index < -0.39 is 18.0 Å². The highest BCUT2D eigenvalue weighted by molar-refractivity contribution is 5.73. The van der Waals surface area contributed by atoms with Crippen molar-refractivity contribution in [1.29, 1.82) is 0 Å². The van der Waals surface area contributed by atoms with Crippen molar-refractivity contribution in [2.24, 2.45) is 5.92 Å². The molecule has 0 bridgehead atoms. The third kappa shape index (κ3) is 3.34. The maximum atomic E-state index is 10.5. The molecule has 0 aliphatic carbocycles. The van der Waals surface area contributed by atoms with Crippen LogP contribution in [-0.4, -0.2) is 22.3 Å². The molecule has 0 amide bonds. The van der Waals surface area contributed by atoms with Crippen molar-refractivity contribution in [3.05, 3.63) is 24.3 Å². The Bertz CT molecular complexity index is 202. The zero-order valence-electron chi connectivity index (χ0n) is 7.32. The number of aliphatic hydroxyl groups excluding tert-OH is 1. The van der Waals surface area contributed by atoms with Crippen LogP contribution in [0.15, 0.2) is 24.3 Å². The summed E-state index contributed by atoms with van der Waals surface area (Å²) >= 11 is 0. The highest BCUT2D eigenvalue weighted by Crippen LogP contribution is 2.08. The van der Waals surface area contributed by atoms with Gasteiger partial charge in [0.25, 0.3) is 0 Å². The van der Waals surface area contributed by atoms with Gasteiger partial charge in [-0.15, -0.1) is 6.58 Å². The molecule has 0 spiro atoms. The lowest BCUT2D eigenvalue weighted by Crippen LogP contribution is -2.24. The molecule has 12 heavy (non-hydrogen) atoms. The van der Waals surface area contributed by atoms with Crippen LogP contribution in [0.5, 0.6) is 0 Å². The number of hydrogen-bond donors (Lipinski definition) is 2. The lowest BCUT2D eigenvalue weighted by Gasteiger charge is -2.11. The van der Waals surface area contributed by atoms with Gasteiger partial charge in [-0.25, -0.2) is 0 Å². The predicted octanol–water partition coefficient (Wildman–Crippen LogP) is 1.20. The second-order valence-corrected chi connectivity index (χ2v) is 2.83. The molecule has 0 heterocycles. The van der Waals surface area contributed by atoms with Crippen molar-refractivity contribution in [1.82, 2.24) is 0 Å². The molecular weight excluding hydrogens is 156 g/mol. The highest BCUT2D eigenvalue weighted by Gasteiger charge is 2.20. The van der Waals surface area contributed by atoms with Crippen LogP contribution in [0.2, 0.25) is 0 Å².